The SMILES string of the molecule is O=S(=O)(O)CO.c1cnnnc1. The molecule has 1 rings (SSSR count). The molecular weight excluding hydrogens is 186 g/mol. The predicted molar refractivity (Wildman–Crippen MR) is 38.5 cm³/mol. The maximum Gasteiger partial charge on any atom is 0.289 e. The molecule has 0 aliphatic heterocycles. The van der Waals surface area contributed by atoms with E-state index in [9.17, 15) is 8.42 Å². The normalized spacial score (nSPS) is 9.83. The predicted octanol–water partition coefficient (Wildman–Crippen LogP) is -1.30. The molecule has 0 radical (unpaired) electrons. The number of aliphatic hydroxyl groups is 1. The van der Waals surface area contributed by atoms with Gasteiger partial charge in [0.15, 0.2) is 5.94 Å². The lowest BCUT2D eigenvalue weighted by Gasteiger charge is -1.79. The van der Waals surface area contributed by atoms with Gasteiger partial charge in [-0.2, -0.15) is 8.42 Å². The Morgan fingerprint density at radius 3 is 1.75 bits per heavy atom. The summed E-state index contributed by atoms with van der Waals surface area (Å²) in [5, 5.41) is 17.7. The van der Waals surface area contributed by atoms with Crippen LogP contribution in [0.5, 0.6) is 0 Å². The molecule has 0 aliphatic rings. The van der Waals surface area contributed by atoms with Crippen LogP contribution in [0.2, 0.25) is 0 Å². The van der Waals surface area contributed by atoms with E-state index in [1.54, 1.807) is 18.5 Å². The second kappa shape index (κ2) is 5.52. The molecule has 7 nitrogen and oxygen atoms in total. The Labute approximate surface area is 68.8 Å². The molecule has 0 spiro atoms. The van der Waals surface area contributed by atoms with Crippen LogP contribution in [0.3, 0.4) is 0 Å². The Balaban J connectivity index is 0.000000202. The van der Waals surface area contributed by atoms with E-state index in [1.165, 1.54) is 0 Å². The van der Waals surface area contributed by atoms with Crippen molar-refractivity contribution in [3.8, 4) is 0 Å². The molecule has 1 heterocycles. The molecule has 68 valence electrons. The van der Waals surface area contributed by atoms with Crippen LogP contribution < -0.4 is 0 Å². The van der Waals surface area contributed by atoms with Crippen LogP contribution in [0.15, 0.2) is 18.5 Å². The molecule has 0 amide bonds. The summed E-state index contributed by atoms with van der Waals surface area (Å²) < 4.78 is 26.2. The first-order chi connectivity index (χ1) is 5.56. The van der Waals surface area contributed by atoms with Gasteiger partial charge in [-0.05, 0) is 11.3 Å². The van der Waals surface area contributed by atoms with Crippen LogP contribution in [0, 0.1) is 0 Å². The summed E-state index contributed by atoms with van der Waals surface area (Å²) in [6, 6.07) is 1.72. The molecular formula is C4H7N3O4S. The first-order valence-electron chi connectivity index (χ1n) is 2.70. The van der Waals surface area contributed by atoms with Gasteiger partial charge in [0.05, 0.1) is 12.4 Å². The highest BCUT2D eigenvalue weighted by atomic mass is 32.2. The molecule has 1 aromatic heterocycles. The molecule has 0 saturated heterocycles. The van der Waals surface area contributed by atoms with Gasteiger partial charge in [0.1, 0.15) is 0 Å². The summed E-state index contributed by atoms with van der Waals surface area (Å²) >= 11 is 0. The van der Waals surface area contributed by atoms with Gasteiger partial charge in [-0.1, -0.05) is 0 Å². The third kappa shape index (κ3) is 8.88. The van der Waals surface area contributed by atoms with Gasteiger partial charge in [-0.25, -0.2) is 0 Å². The molecule has 1 aromatic rings. The van der Waals surface area contributed by atoms with Crippen molar-refractivity contribution in [2.75, 3.05) is 5.94 Å². The van der Waals surface area contributed by atoms with Gasteiger partial charge >= 0.3 is 0 Å². The average molecular weight is 193 g/mol. The maximum atomic E-state index is 9.31. The number of rotatable bonds is 1. The fourth-order valence-electron chi connectivity index (χ4n) is 0.205. The Kier molecular flexibility index (Phi) is 5.00. The summed E-state index contributed by atoms with van der Waals surface area (Å²) in [7, 11) is -4.11. The minimum Gasteiger partial charge on any atom is -0.378 e. The smallest absolute Gasteiger partial charge is 0.289 e. The standard InChI is InChI=1S/C3H3N3.CH4O4S/c1-2-4-6-5-3-1;2-1-6(3,4)5/h1-3H;2H,1H2,(H,3,4,5). The summed E-state index contributed by atoms with van der Waals surface area (Å²) in [6.07, 6.45) is 3.15. The van der Waals surface area contributed by atoms with Gasteiger partial charge in [-0.15, -0.1) is 10.2 Å². The van der Waals surface area contributed by atoms with E-state index < -0.39 is 16.1 Å². The van der Waals surface area contributed by atoms with Gasteiger partial charge in [0, 0.05) is 0 Å². The zero-order valence-electron chi connectivity index (χ0n) is 5.90. The minimum atomic E-state index is -4.11. The molecule has 0 fully saturated rings. The van der Waals surface area contributed by atoms with Crippen molar-refractivity contribution < 1.29 is 18.1 Å². The fourth-order valence-corrected chi connectivity index (χ4v) is 0.205. The quantitative estimate of drug-likeness (QED) is 0.532. The lowest BCUT2D eigenvalue weighted by atomic mass is 10.7. The molecule has 0 atom stereocenters. The zero-order valence-corrected chi connectivity index (χ0v) is 6.72. The van der Waals surface area contributed by atoms with E-state index in [0.717, 1.165) is 0 Å². The van der Waals surface area contributed by atoms with E-state index >= 15 is 0 Å². The van der Waals surface area contributed by atoms with Crippen molar-refractivity contribution in [3.05, 3.63) is 18.5 Å². The number of aromatic nitrogens is 3. The maximum absolute atomic E-state index is 9.31. The molecule has 2 N–H and O–H groups in total. The van der Waals surface area contributed by atoms with Crippen LogP contribution in [0.25, 0.3) is 0 Å². The molecule has 0 bridgehead atoms. The van der Waals surface area contributed by atoms with E-state index in [0.29, 0.717) is 0 Å². The molecule has 0 saturated carbocycles. The first kappa shape index (κ1) is 10.9. The van der Waals surface area contributed by atoms with E-state index in [1.807, 2.05) is 0 Å². The van der Waals surface area contributed by atoms with Crippen molar-refractivity contribution in [2.45, 2.75) is 0 Å². The second-order valence-corrected chi connectivity index (χ2v) is 2.94. The largest absolute Gasteiger partial charge is 0.378 e. The van der Waals surface area contributed by atoms with Crippen LogP contribution >= 0.6 is 0 Å². The van der Waals surface area contributed by atoms with Crippen LogP contribution in [-0.4, -0.2) is 39.4 Å². The van der Waals surface area contributed by atoms with Crippen molar-refractivity contribution in [1.29, 1.82) is 0 Å². The Hall–Kier alpha value is -1.12. The van der Waals surface area contributed by atoms with E-state index in [4.69, 9.17) is 9.66 Å². The highest BCUT2D eigenvalue weighted by Gasteiger charge is 1.95. The van der Waals surface area contributed by atoms with Crippen LogP contribution in [-0.2, 0) is 10.1 Å². The summed E-state index contributed by atoms with van der Waals surface area (Å²) in [5.74, 6) is -1.20. The van der Waals surface area contributed by atoms with Gasteiger partial charge in [0.25, 0.3) is 10.1 Å². The van der Waals surface area contributed by atoms with Crippen molar-refractivity contribution in [2.24, 2.45) is 0 Å². The number of nitrogens with zero attached hydrogens (tertiary/aromatic N) is 3. The lowest BCUT2D eigenvalue weighted by molar-refractivity contribution is 0.336. The average Bonchev–Trinajstić information content (AvgIpc) is 2.07. The van der Waals surface area contributed by atoms with Crippen molar-refractivity contribution in [3.63, 3.8) is 0 Å². The lowest BCUT2D eigenvalue weighted by Crippen LogP contribution is -2.00. The molecule has 0 unspecified atom stereocenters. The number of hydrogen-bond acceptors (Lipinski definition) is 6. The molecule has 12 heavy (non-hydrogen) atoms. The van der Waals surface area contributed by atoms with Crippen LogP contribution in [0.1, 0.15) is 0 Å². The summed E-state index contributed by atoms with van der Waals surface area (Å²) in [5.41, 5.74) is 0. The van der Waals surface area contributed by atoms with E-state index in [2.05, 4.69) is 15.4 Å². The van der Waals surface area contributed by atoms with Crippen molar-refractivity contribution >= 4 is 10.1 Å². The van der Waals surface area contributed by atoms with Crippen molar-refractivity contribution in [1.82, 2.24) is 15.4 Å². The second-order valence-electron chi connectivity index (χ2n) is 1.52. The van der Waals surface area contributed by atoms with Gasteiger partial charge < -0.3 is 5.11 Å². The third-order valence-corrected chi connectivity index (χ3v) is 0.898. The monoisotopic (exact) mass is 193 g/mol. The minimum absolute atomic E-state index is 1.20. The Morgan fingerprint density at radius 2 is 1.67 bits per heavy atom. The van der Waals surface area contributed by atoms with E-state index in [-0.39, 0.29) is 0 Å². The highest BCUT2D eigenvalue weighted by Crippen LogP contribution is 1.71. The molecule has 8 heteroatoms. The van der Waals surface area contributed by atoms with Crippen LogP contribution in [0.4, 0.5) is 0 Å². The molecule has 0 aliphatic carbocycles. The zero-order chi connectivity index (χ0) is 9.45. The summed E-state index contributed by atoms with van der Waals surface area (Å²) in [6.45, 7) is 0. The third-order valence-electron chi connectivity index (χ3n) is 0.572. The number of hydrogen-bond donors (Lipinski definition) is 2. The molecule has 0 aromatic carbocycles. The Bertz CT molecular complexity index is 260. The first-order valence-corrected chi connectivity index (χ1v) is 4.31. The number of aliphatic hydroxyl groups excluding tert-OH is 1. The summed E-state index contributed by atoms with van der Waals surface area (Å²) in [4.78, 5) is 0. The Morgan fingerprint density at radius 1 is 1.25 bits per heavy atom. The fraction of sp³-hybridized carbons (Fsp3) is 0.250. The highest BCUT2D eigenvalue weighted by molar-refractivity contribution is 7.85. The van der Waals surface area contributed by atoms with Gasteiger partial charge in [-0.3, -0.25) is 4.55 Å². The van der Waals surface area contributed by atoms with Gasteiger partial charge in [0.2, 0.25) is 0 Å². The topological polar surface area (TPSA) is 113 Å².